The minimum Gasteiger partial charge on any atom is -0.460 e. The normalized spacial score (nSPS) is 19.0. The molecule has 1 saturated heterocycles. The summed E-state index contributed by atoms with van der Waals surface area (Å²) in [5, 5.41) is 2.99. The van der Waals surface area contributed by atoms with Gasteiger partial charge in [-0.2, -0.15) is 0 Å². The molecule has 0 amide bonds. The number of anilines is 1. The van der Waals surface area contributed by atoms with Gasteiger partial charge >= 0.3 is 5.97 Å². The summed E-state index contributed by atoms with van der Waals surface area (Å²) in [6, 6.07) is 9.62. The lowest BCUT2D eigenvalue weighted by atomic mass is 10.2. The van der Waals surface area contributed by atoms with Gasteiger partial charge in [-0.3, -0.25) is 0 Å². The van der Waals surface area contributed by atoms with E-state index in [4.69, 9.17) is 9.47 Å². The summed E-state index contributed by atoms with van der Waals surface area (Å²) in [6.45, 7) is 1.11. The van der Waals surface area contributed by atoms with Crippen molar-refractivity contribution in [1.29, 1.82) is 0 Å². The van der Waals surface area contributed by atoms with Crippen molar-refractivity contribution in [2.75, 3.05) is 18.5 Å². The largest absolute Gasteiger partial charge is 0.460 e. The molecule has 0 aromatic heterocycles. The lowest BCUT2D eigenvalue weighted by Crippen LogP contribution is -2.16. The number of rotatable bonds is 5. The summed E-state index contributed by atoms with van der Waals surface area (Å²) in [5.74, 6) is -0.353. The van der Waals surface area contributed by atoms with Crippen LogP contribution < -0.4 is 5.32 Å². The Bertz CT molecular complexity index is 397. The highest BCUT2D eigenvalue weighted by Crippen LogP contribution is 2.12. The highest BCUT2D eigenvalue weighted by Gasteiger charge is 2.16. The van der Waals surface area contributed by atoms with Crippen molar-refractivity contribution in [3.8, 4) is 0 Å². The third-order valence-corrected chi connectivity index (χ3v) is 2.68. The van der Waals surface area contributed by atoms with Crippen molar-refractivity contribution in [3.63, 3.8) is 0 Å². The average Bonchev–Trinajstić information content (AvgIpc) is 2.91. The van der Waals surface area contributed by atoms with E-state index in [0.717, 1.165) is 25.1 Å². The fraction of sp³-hybridized carbons (Fsp3) is 0.357. The number of para-hydroxylation sites is 1. The second-order valence-electron chi connectivity index (χ2n) is 4.11. The Kier molecular flexibility index (Phi) is 4.78. The number of hydrogen-bond acceptors (Lipinski definition) is 4. The third kappa shape index (κ3) is 4.22. The first-order chi connectivity index (χ1) is 8.84. The average molecular weight is 247 g/mol. The second-order valence-corrected chi connectivity index (χ2v) is 4.11. The SMILES string of the molecule is O=C(/C=C\Nc1ccccc1)OCC1CCCO1. The number of esters is 1. The molecule has 1 unspecified atom stereocenters. The molecule has 1 fully saturated rings. The lowest BCUT2D eigenvalue weighted by Gasteiger charge is -2.08. The predicted octanol–water partition coefficient (Wildman–Crippen LogP) is 2.33. The molecule has 2 rings (SSSR count). The van der Waals surface area contributed by atoms with Gasteiger partial charge in [0.25, 0.3) is 0 Å². The Morgan fingerprint density at radius 1 is 1.44 bits per heavy atom. The van der Waals surface area contributed by atoms with Crippen LogP contribution in [0.1, 0.15) is 12.8 Å². The molecule has 18 heavy (non-hydrogen) atoms. The fourth-order valence-electron chi connectivity index (χ4n) is 1.74. The highest BCUT2D eigenvalue weighted by atomic mass is 16.6. The Balaban J connectivity index is 1.67. The van der Waals surface area contributed by atoms with Crippen LogP contribution in [0.25, 0.3) is 0 Å². The summed E-state index contributed by atoms with van der Waals surface area (Å²) in [7, 11) is 0. The van der Waals surface area contributed by atoms with E-state index in [9.17, 15) is 4.79 Å². The standard InChI is InChI=1S/C14H17NO3/c16-14(18-11-13-7-4-10-17-13)8-9-15-12-5-2-1-3-6-12/h1-3,5-6,8-9,13,15H,4,7,10-11H2/b9-8-. The van der Waals surface area contributed by atoms with Crippen molar-refractivity contribution in [2.45, 2.75) is 18.9 Å². The quantitative estimate of drug-likeness (QED) is 0.641. The highest BCUT2D eigenvalue weighted by molar-refractivity contribution is 5.82. The summed E-state index contributed by atoms with van der Waals surface area (Å²) < 4.78 is 10.4. The van der Waals surface area contributed by atoms with E-state index in [1.54, 1.807) is 6.20 Å². The monoisotopic (exact) mass is 247 g/mol. The molecule has 0 saturated carbocycles. The van der Waals surface area contributed by atoms with Crippen LogP contribution in [-0.2, 0) is 14.3 Å². The van der Waals surface area contributed by atoms with Crippen LogP contribution in [0.2, 0.25) is 0 Å². The summed E-state index contributed by atoms with van der Waals surface area (Å²) in [5.41, 5.74) is 0.931. The predicted molar refractivity (Wildman–Crippen MR) is 69.1 cm³/mol. The van der Waals surface area contributed by atoms with Crippen LogP contribution in [0.3, 0.4) is 0 Å². The van der Waals surface area contributed by atoms with Crippen LogP contribution in [0.4, 0.5) is 5.69 Å². The zero-order valence-corrected chi connectivity index (χ0v) is 10.2. The molecule has 0 radical (unpaired) electrons. The summed E-state index contributed by atoms with van der Waals surface area (Å²) >= 11 is 0. The molecule has 1 aliphatic heterocycles. The van der Waals surface area contributed by atoms with Crippen molar-refractivity contribution >= 4 is 11.7 Å². The number of carbonyl (C=O) groups excluding carboxylic acids is 1. The van der Waals surface area contributed by atoms with Gasteiger partial charge in [0, 0.05) is 24.6 Å². The molecule has 1 atom stereocenters. The van der Waals surface area contributed by atoms with Gasteiger partial charge in [0.1, 0.15) is 6.61 Å². The van der Waals surface area contributed by atoms with E-state index in [2.05, 4.69) is 5.32 Å². The van der Waals surface area contributed by atoms with Crippen molar-refractivity contribution in [2.24, 2.45) is 0 Å². The molecule has 1 aromatic rings. The molecule has 1 aliphatic rings. The molecule has 0 bridgehead atoms. The number of carbonyl (C=O) groups is 1. The number of nitrogens with one attached hydrogen (secondary N) is 1. The molecular weight excluding hydrogens is 230 g/mol. The Labute approximate surface area is 107 Å². The maximum Gasteiger partial charge on any atom is 0.332 e. The van der Waals surface area contributed by atoms with E-state index in [-0.39, 0.29) is 12.1 Å². The van der Waals surface area contributed by atoms with E-state index in [1.807, 2.05) is 30.3 Å². The molecule has 1 aromatic carbocycles. The van der Waals surface area contributed by atoms with Gasteiger partial charge in [0.05, 0.1) is 6.10 Å². The van der Waals surface area contributed by atoms with Crippen LogP contribution in [-0.4, -0.2) is 25.3 Å². The Hall–Kier alpha value is -1.81. The van der Waals surface area contributed by atoms with Gasteiger partial charge in [-0.1, -0.05) is 18.2 Å². The van der Waals surface area contributed by atoms with E-state index in [0.29, 0.717) is 6.61 Å². The maximum absolute atomic E-state index is 11.4. The smallest absolute Gasteiger partial charge is 0.332 e. The minimum atomic E-state index is -0.353. The molecular formula is C14H17NO3. The molecule has 96 valence electrons. The van der Waals surface area contributed by atoms with Gasteiger partial charge in [-0.25, -0.2) is 4.79 Å². The molecule has 4 heteroatoms. The van der Waals surface area contributed by atoms with Crippen LogP contribution >= 0.6 is 0 Å². The molecule has 1 heterocycles. The zero-order chi connectivity index (χ0) is 12.6. The second kappa shape index (κ2) is 6.81. The number of ether oxygens (including phenoxy) is 2. The number of hydrogen-bond donors (Lipinski definition) is 1. The van der Waals surface area contributed by atoms with Crippen molar-refractivity contribution in [1.82, 2.24) is 0 Å². The van der Waals surface area contributed by atoms with Crippen LogP contribution in [0.5, 0.6) is 0 Å². The fourth-order valence-corrected chi connectivity index (χ4v) is 1.74. The molecule has 4 nitrogen and oxygen atoms in total. The van der Waals surface area contributed by atoms with Gasteiger partial charge in [0.15, 0.2) is 0 Å². The van der Waals surface area contributed by atoms with Crippen molar-refractivity contribution < 1.29 is 14.3 Å². The van der Waals surface area contributed by atoms with Crippen LogP contribution in [0.15, 0.2) is 42.6 Å². The Morgan fingerprint density at radius 2 is 2.28 bits per heavy atom. The zero-order valence-electron chi connectivity index (χ0n) is 10.2. The first-order valence-corrected chi connectivity index (χ1v) is 6.11. The first kappa shape index (κ1) is 12.6. The van der Waals surface area contributed by atoms with E-state index in [1.165, 1.54) is 6.08 Å². The van der Waals surface area contributed by atoms with Crippen LogP contribution in [0, 0.1) is 0 Å². The van der Waals surface area contributed by atoms with Gasteiger partial charge in [0.2, 0.25) is 0 Å². The van der Waals surface area contributed by atoms with Gasteiger partial charge < -0.3 is 14.8 Å². The maximum atomic E-state index is 11.4. The first-order valence-electron chi connectivity index (χ1n) is 6.11. The Morgan fingerprint density at radius 3 is 3.00 bits per heavy atom. The van der Waals surface area contributed by atoms with Gasteiger partial charge in [-0.15, -0.1) is 0 Å². The summed E-state index contributed by atoms with van der Waals surface area (Å²) in [6.07, 6.45) is 5.05. The molecule has 0 aliphatic carbocycles. The third-order valence-electron chi connectivity index (χ3n) is 2.68. The lowest BCUT2D eigenvalue weighted by molar-refractivity contribution is -0.140. The topological polar surface area (TPSA) is 47.6 Å². The summed E-state index contributed by atoms with van der Waals surface area (Å²) in [4.78, 5) is 11.4. The minimum absolute atomic E-state index is 0.0735. The number of benzene rings is 1. The van der Waals surface area contributed by atoms with E-state index >= 15 is 0 Å². The molecule has 0 spiro atoms. The van der Waals surface area contributed by atoms with E-state index < -0.39 is 0 Å². The van der Waals surface area contributed by atoms with Gasteiger partial charge in [-0.05, 0) is 25.0 Å². The van der Waals surface area contributed by atoms with Crippen molar-refractivity contribution in [3.05, 3.63) is 42.6 Å². The molecule has 1 N–H and O–H groups in total.